The Hall–Kier alpha value is -0.570. The van der Waals surface area contributed by atoms with Crippen molar-refractivity contribution in [3.05, 3.63) is 0 Å². The highest BCUT2D eigenvalue weighted by Gasteiger charge is 2.25. The van der Waals surface area contributed by atoms with Gasteiger partial charge in [-0.1, -0.05) is 20.8 Å². The highest BCUT2D eigenvalue weighted by Crippen LogP contribution is 2.16. The van der Waals surface area contributed by atoms with Crippen LogP contribution in [0.3, 0.4) is 0 Å². The minimum absolute atomic E-state index is 0.113. The Kier molecular flexibility index (Phi) is 3.52. The van der Waals surface area contributed by atoms with Crippen molar-refractivity contribution < 1.29 is 4.79 Å². The van der Waals surface area contributed by atoms with E-state index in [2.05, 4.69) is 0 Å². The van der Waals surface area contributed by atoms with E-state index in [4.69, 9.17) is 5.73 Å². The summed E-state index contributed by atoms with van der Waals surface area (Å²) in [7, 11) is 0. The van der Waals surface area contributed by atoms with Crippen LogP contribution >= 0.6 is 0 Å². The number of carbonyl (C=O) groups is 1. The Balaban J connectivity index is 4.22. The summed E-state index contributed by atoms with van der Waals surface area (Å²) in [6, 6.07) is 0. The summed E-state index contributed by atoms with van der Waals surface area (Å²) >= 11 is 0. The van der Waals surface area contributed by atoms with E-state index >= 15 is 0 Å². The molecule has 66 valence electrons. The Bertz CT molecular complexity index is 134. The van der Waals surface area contributed by atoms with E-state index in [0.29, 0.717) is 13.2 Å². The second-order valence-electron chi connectivity index (χ2n) is 3.59. The van der Waals surface area contributed by atoms with Gasteiger partial charge < -0.3 is 10.6 Å². The number of rotatable bonds is 2. The van der Waals surface area contributed by atoms with E-state index in [1.54, 1.807) is 4.90 Å². The van der Waals surface area contributed by atoms with Crippen LogP contribution in [0, 0.1) is 5.41 Å². The van der Waals surface area contributed by atoms with Crippen molar-refractivity contribution in [2.75, 3.05) is 13.2 Å². The molecule has 0 aliphatic heterocycles. The molecule has 2 N–H and O–H groups in total. The third-order valence-corrected chi connectivity index (χ3v) is 1.53. The summed E-state index contributed by atoms with van der Waals surface area (Å²) in [5.41, 5.74) is 5.08. The van der Waals surface area contributed by atoms with Crippen LogP contribution in [-0.2, 0) is 4.79 Å². The van der Waals surface area contributed by atoms with E-state index in [-0.39, 0.29) is 11.3 Å². The SMILES string of the molecule is CCN(CN)C(=O)C(C)(C)C. The molecule has 3 heteroatoms. The first-order valence-electron chi connectivity index (χ1n) is 3.93. The molecule has 11 heavy (non-hydrogen) atoms. The van der Waals surface area contributed by atoms with Gasteiger partial charge in [0.25, 0.3) is 0 Å². The molecule has 0 aromatic rings. The fourth-order valence-electron chi connectivity index (χ4n) is 0.830. The lowest BCUT2D eigenvalue weighted by molar-refractivity contribution is -0.139. The lowest BCUT2D eigenvalue weighted by Gasteiger charge is -2.26. The van der Waals surface area contributed by atoms with Crippen LogP contribution < -0.4 is 5.73 Å². The number of hydrogen-bond acceptors (Lipinski definition) is 2. The zero-order valence-electron chi connectivity index (χ0n) is 7.85. The molecule has 0 rings (SSSR count). The largest absolute Gasteiger partial charge is 0.330 e. The Morgan fingerprint density at radius 2 is 1.91 bits per heavy atom. The van der Waals surface area contributed by atoms with E-state index in [0.717, 1.165) is 0 Å². The second kappa shape index (κ2) is 3.72. The predicted octanol–water partition coefficient (Wildman–Crippen LogP) is 0.797. The first-order chi connectivity index (χ1) is 4.93. The van der Waals surface area contributed by atoms with Gasteiger partial charge in [-0.2, -0.15) is 0 Å². The van der Waals surface area contributed by atoms with Crippen LogP contribution in [0.15, 0.2) is 0 Å². The van der Waals surface area contributed by atoms with Gasteiger partial charge in [-0.15, -0.1) is 0 Å². The molecule has 0 unspecified atom stereocenters. The number of carbonyl (C=O) groups excluding carboxylic acids is 1. The van der Waals surface area contributed by atoms with Gasteiger partial charge in [0.1, 0.15) is 0 Å². The van der Waals surface area contributed by atoms with Crippen LogP contribution in [0.1, 0.15) is 27.7 Å². The smallest absolute Gasteiger partial charge is 0.228 e. The van der Waals surface area contributed by atoms with Gasteiger partial charge >= 0.3 is 0 Å². The Labute approximate surface area is 68.6 Å². The van der Waals surface area contributed by atoms with Crippen molar-refractivity contribution in [1.29, 1.82) is 0 Å². The molecular formula is C8H18N2O. The summed E-state index contributed by atoms with van der Waals surface area (Å²) < 4.78 is 0. The third kappa shape index (κ3) is 2.89. The highest BCUT2D eigenvalue weighted by molar-refractivity contribution is 5.81. The molecule has 1 amide bonds. The van der Waals surface area contributed by atoms with Crippen molar-refractivity contribution in [3.8, 4) is 0 Å². The number of nitrogens with zero attached hydrogens (tertiary/aromatic N) is 1. The molecule has 3 nitrogen and oxygen atoms in total. The molecule has 0 saturated carbocycles. The highest BCUT2D eigenvalue weighted by atomic mass is 16.2. The normalized spacial score (nSPS) is 11.4. The molecule has 0 aromatic carbocycles. The first-order valence-corrected chi connectivity index (χ1v) is 3.93. The number of nitrogens with two attached hydrogens (primary N) is 1. The lowest BCUT2D eigenvalue weighted by atomic mass is 9.95. The molecule has 0 saturated heterocycles. The molecule has 0 heterocycles. The van der Waals surface area contributed by atoms with Gasteiger partial charge in [-0.3, -0.25) is 4.79 Å². The van der Waals surface area contributed by atoms with Gasteiger partial charge in [0.2, 0.25) is 5.91 Å². The van der Waals surface area contributed by atoms with E-state index in [1.165, 1.54) is 0 Å². The molecule has 0 aromatic heterocycles. The maximum Gasteiger partial charge on any atom is 0.228 e. The Morgan fingerprint density at radius 1 is 1.45 bits per heavy atom. The quantitative estimate of drug-likeness (QED) is 0.604. The van der Waals surface area contributed by atoms with E-state index in [1.807, 2.05) is 27.7 Å². The number of amides is 1. The number of hydrogen-bond donors (Lipinski definition) is 1. The second-order valence-corrected chi connectivity index (χ2v) is 3.59. The molecule has 0 aliphatic carbocycles. The van der Waals surface area contributed by atoms with Crippen LogP contribution in [0.25, 0.3) is 0 Å². The summed E-state index contributed by atoms with van der Waals surface area (Å²) in [4.78, 5) is 13.1. The van der Waals surface area contributed by atoms with Crippen molar-refractivity contribution in [2.24, 2.45) is 11.1 Å². The van der Waals surface area contributed by atoms with Crippen LogP contribution in [0.2, 0.25) is 0 Å². The molecule has 0 spiro atoms. The van der Waals surface area contributed by atoms with Crippen molar-refractivity contribution >= 4 is 5.91 Å². The van der Waals surface area contributed by atoms with Gasteiger partial charge in [0.05, 0.1) is 6.67 Å². The zero-order chi connectivity index (χ0) is 9.07. The van der Waals surface area contributed by atoms with Gasteiger partial charge in [-0.25, -0.2) is 0 Å². The molecule has 0 radical (unpaired) electrons. The summed E-state index contributed by atoms with van der Waals surface area (Å²) in [5.74, 6) is 0.113. The van der Waals surface area contributed by atoms with Crippen LogP contribution in [0.4, 0.5) is 0 Å². The average molecular weight is 158 g/mol. The maximum atomic E-state index is 11.5. The lowest BCUT2D eigenvalue weighted by Crippen LogP contribution is -2.42. The van der Waals surface area contributed by atoms with Gasteiger partial charge in [-0.05, 0) is 6.92 Å². The predicted molar refractivity (Wildman–Crippen MR) is 45.9 cm³/mol. The fraction of sp³-hybridized carbons (Fsp3) is 0.875. The molecular weight excluding hydrogens is 140 g/mol. The summed E-state index contributed by atoms with van der Waals surface area (Å²) in [6.45, 7) is 8.62. The topological polar surface area (TPSA) is 46.3 Å². The zero-order valence-corrected chi connectivity index (χ0v) is 7.85. The third-order valence-electron chi connectivity index (χ3n) is 1.53. The Morgan fingerprint density at radius 3 is 2.00 bits per heavy atom. The van der Waals surface area contributed by atoms with E-state index in [9.17, 15) is 4.79 Å². The van der Waals surface area contributed by atoms with Gasteiger partial charge in [0, 0.05) is 12.0 Å². The fourth-order valence-corrected chi connectivity index (χ4v) is 0.830. The molecule has 0 aliphatic rings. The van der Waals surface area contributed by atoms with Crippen LogP contribution in [-0.4, -0.2) is 24.0 Å². The van der Waals surface area contributed by atoms with Crippen LogP contribution in [0.5, 0.6) is 0 Å². The summed E-state index contributed by atoms with van der Waals surface area (Å²) in [6.07, 6.45) is 0. The van der Waals surface area contributed by atoms with Crippen molar-refractivity contribution in [1.82, 2.24) is 4.90 Å². The van der Waals surface area contributed by atoms with E-state index < -0.39 is 0 Å². The standard InChI is InChI=1S/C8H18N2O/c1-5-10(6-9)7(11)8(2,3)4/h5-6,9H2,1-4H3. The molecule has 0 bridgehead atoms. The monoisotopic (exact) mass is 158 g/mol. The minimum atomic E-state index is -0.310. The first kappa shape index (κ1) is 10.4. The van der Waals surface area contributed by atoms with Crippen molar-refractivity contribution in [2.45, 2.75) is 27.7 Å². The van der Waals surface area contributed by atoms with Gasteiger partial charge in [0.15, 0.2) is 0 Å². The molecule has 0 atom stereocenters. The summed E-state index contributed by atoms with van der Waals surface area (Å²) in [5, 5.41) is 0. The van der Waals surface area contributed by atoms with Crippen molar-refractivity contribution in [3.63, 3.8) is 0 Å². The minimum Gasteiger partial charge on any atom is -0.330 e. The average Bonchev–Trinajstić information content (AvgIpc) is 1.88. The maximum absolute atomic E-state index is 11.5. The molecule has 0 fully saturated rings.